The Hall–Kier alpha value is -2.06. The van der Waals surface area contributed by atoms with Crippen LogP contribution < -0.4 is 15.1 Å². The Labute approximate surface area is 121 Å². The van der Waals surface area contributed by atoms with Gasteiger partial charge in [-0.05, 0) is 11.5 Å². The molecule has 0 N–H and O–H groups in total. The van der Waals surface area contributed by atoms with E-state index in [1.165, 1.54) is 21.1 Å². The first-order valence-electron chi connectivity index (χ1n) is 6.76. The minimum Gasteiger partial charge on any atom is -0.496 e. The van der Waals surface area contributed by atoms with Crippen LogP contribution in [0.3, 0.4) is 0 Å². The van der Waals surface area contributed by atoms with Gasteiger partial charge in [-0.2, -0.15) is 16.9 Å². The molecule has 0 spiro atoms. The lowest BCUT2D eigenvalue weighted by Gasteiger charge is -2.29. The second-order valence-electron chi connectivity index (χ2n) is 4.85. The minimum absolute atomic E-state index is 0.750. The molecule has 2 heteroatoms. The average Bonchev–Trinajstić information content (AvgIpc) is 2.54. The van der Waals surface area contributed by atoms with E-state index in [0.717, 1.165) is 5.75 Å². The molecule has 3 aromatic rings. The summed E-state index contributed by atoms with van der Waals surface area (Å²) in [6.45, 7) is 2.36. The van der Waals surface area contributed by atoms with E-state index in [9.17, 15) is 0 Å². The lowest BCUT2D eigenvalue weighted by molar-refractivity contribution is 0.420. The predicted octanol–water partition coefficient (Wildman–Crippen LogP) is 3.09. The van der Waals surface area contributed by atoms with E-state index in [-0.39, 0.29) is 0 Å². The number of rotatable bonds is 3. The molecule has 0 saturated carbocycles. The lowest BCUT2D eigenvalue weighted by Crippen LogP contribution is -2.39. The maximum Gasteiger partial charge on any atom is 0.126 e. The van der Waals surface area contributed by atoms with Crippen LogP contribution in [0.5, 0.6) is 5.75 Å². The van der Waals surface area contributed by atoms with Gasteiger partial charge in [-0.15, -0.1) is 0 Å². The van der Waals surface area contributed by atoms with Gasteiger partial charge < -0.3 is 4.74 Å². The topological polar surface area (TPSA) is 9.23 Å². The fraction of sp³-hybridized carbons (Fsp3) is 0.111. The SMILES string of the molecule is COc1ccc([Si-](C)c2ccccc2)c2ccccc12. The lowest BCUT2D eigenvalue weighted by atomic mass is 10.1. The summed E-state index contributed by atoms with van der Waals surface area (Å²) in [5.41, 5.74) is 0. The molecular weight excluding hydrogens is 260 g/mol. The highest BCUT2D eigenvalue weighted by Crippen LogP contribution is 2.23. The third-order valence-electron chi connectivity index (χ3n) is 3.71. The summed E-state index contributed by atoms with van der Waals surface area (Å²) in [7, 11) is 0.983. The van der Waals surface area contributed by atoms with Crippen molar-refractivity contribution in [2.75, 3.05) is 7.11 Å². The number of benzene rings is 3. The molecule has 0 aliphatic carbocycles. The van der Waals surface area contributed by atoms with Crippen LogP contribution in [0.25, 0.3) is 10.8 Å². The average molecular weight is 277 g/mol. The van der Waals surface area contributed by atoms with Crippen LogP contribution in [0.1, 0.15) is 0 Å². The molecule has 0 aliphatic heterocycles. The van der Waals surface area contributed by atoms with Crippen molar-refractivity contribution in [3.8, 4) is 5.75 Å². The first-order chi connectivity index (χ1) is 9.81. The zero-order valence-corrected chi connectivity index (χ0v) is 12.8. The molecule has 0 heterocycles. The monoisotopic (exact) mass is 277 g/mol. The summed E-state index contributed by atoms with van der Waals surface area (Å²) in [6.07, 6.45) is 0. The van der Waals surface area contributed by atoms with Crippen molar-refractivity contribution in [1.29, 1.82) is 0 Å². The Morgan fingerprint density at radius 1 is 0.750 bits per heavy atom. The summed E-state index contributed by atoms with van der Waals surface area (Å²) in [6, 6.07) is 23.6. The van der Waals surface area contributed by atoms with Crippen LogP contribution in [0.2, 0.25) is 6.55 Å². The van der Waals surface area contributed by atoms with Gasteiger partial charge >= 0.3 is 0 Å². The van der Waals surface area contributed by atoms with Gasteiger partial charge in [0.05, 0.1) is 7.11 Å². The van der Waals surface area contributed by atoms with Gasteiger partial charge in [-0.3, -0.25) is 8.80 Å². The molecule has 0 aromatic heterocycles. The summed E-state index contributed by atoms with van der Waals surface area (Å²) in [5, 5.41) is 5.39. The highest BCUT2D eigenvalue weighted by Gasteiger charge is 2.04. The smallest absolute Gasteiger partial charge is 0.126 e. The van der Waals surface area contributed by atoms with Crippen LogP contribution in [0.4, 0.5) is 0 Å². The molecule has 0 atom stereocenters. The maximum atomic E-state index is 5.48. The Morgan fingerprint density at radius 2 is 1.40 bits per heavy atom. The third-order valence-corrected chi connectivity index (χ3v) is 6.16. The van der Waals surface area contributed by atoms with Gasteiger partial charge in [0.2, 0.25) is 0 Å². The van der Waals surface area contributed by atoms with Crippen molar-refractivity contribution >= 4 is 29.9 Å². The van der Waals surface area contributed by atoms with E-state index in [0.29, 0.717) is 0 Å². The van der Waals surface area contributed by atoms with Gasteiger partial charge in [0, 0.05) is 5.39 Å². The van der Waals surface area contributed by atoms with E-state index in [1.54, 1.807) is 7.11 Å². The predicted molar refractivity (Wildman–Crippen MR) is 87.8 cm³/mol. The first-order valence-corrected chi connectivity index (χ1v) is 8.76. The minimum atomic E-state index is -0.750. The van der Waals surface area contributed by atoms with Gasteiger partial charge in [0.25, 0.3) is 0 Å². The van der Waals surface area contributed by atoms with E-state index < -0.39 is 8.80 Å². The summed E-state index contributed by atoms with van der Waals surface area (Å²) in [5.74, 6) is 0.951. The van der Waals surface area contributed by atoms with Crippen LogP contribution in [0, 0.1) is 0 Å². The number of fused-ring (bicyclic) bond motifs is 1. The Morgan fingerprint density at radius 3 is 2.10 bits per heavy atom. The van der Waals surface area contributed by atoms with Crippen LogP contribution >= 0.6 is 0 Å². The number of ether oxygens (including phenoxy) is 1. The molecule has 0 bridgehead atoms. The quantitative estimate of drug-likeness (QED) is 0.669. The standard InChI is InChI=1S/C18H17OSi/c1-19-17-12-13-18(16-11-7-6-10-15(16)17)20(2)14-8-4-3-5-9-14/h3-13H,1-2H3/q-1. The Balaban J connectivity index is 2.18. The summed E-state index contributed by atoms with van der Waals surface area (Å²) < 4.78 is 5.48. The molecule has 0 unspecified atom stereocenters. The molecule has 100 valence electrons. The maximum absolute atomic E-state index is 5.48. The largest absolute Gasteiger partial charge is 0.496 e. The first kappa shape index (κ1) is 12.9. The van der Waals surface area contributed by atoms with Gasteiger partial charge in [0.15, 0.2) is 0 Å². The molecule has 3 rings (SSSR count). The van der Waals surface area contributed by atoms with Gasteiger partial charge in [0.1, 0.15) is 5.75 Å². The molecule has 20 heavy (non-hydrogen) atoms. The third kappa shape index (κ3) is 2.23. The van der Waals surface area contributed by atoms with Crippen LogP contribution in [-0.4, -0.2) is 15.9 Å². The second-order valence-corrected chi connectivity index (χ2v) is 7.22. The van der Waals surface area contributed by atoms with Crippen LogP contribution in [0.15, 0.2) is 66.7 Å². The fourth-order valence-corrected chi connectivity index (χ4v) is 4.58. The number of methoxy groups -OCH3 is 1. The molecule has 0 saturated heterocycles. The van der Waals surface area contributed by atoms with E-state index in [1.807, 2.05) is 0 Å². The highest BCUT2D eigenvalue weighted by atomic mass is 28.3. The molecular formula is C18H17OSi-. The van der Waals surface area contributed by atoms with Crippen molar-refractivity contribution in [2.24, 2.45) is 0 Å². The normalized spacial score (nSPS) is 10.5. The van der Waals surface area contributed by atoms with E-state index in [2.05, 4.69) is 73.3 Å². The number of hydrogen-bond donors (Lipinski definition) is 0. The fourth-order valence-electron chi connectivity index (χ4n) is 2.62. The van der Waals surface area contributed by atoms with Crippen molar-refractivity contribution in [3.05, 3.63) is 66.7 Å². The van der Waals surface area contributed by atoms with Crippen molar-refractivity contribution in [1.82, 2.24) is 0 Å². The Bertz CT molecular complexity index is 722. The van der Waals surface area contributed by atoms with Crippen molar-refractivity contribution < 1.29 is 4.74 Å². The van der Waals surface area contributed by atoms with Crippen molar-refractivity contribution in [3.63, 3.8) is 0 Å². The molecule has 0 amide bonds. The highest BCUT2D eigenvalue weighted by molar-refractivity contribution is 6.85. The Kier molecular flexibility index (Phi) is 3.57. The van der Waals surface area contributed by atoms with E-state index >= 15 is 0 Å². The molecule has 0 fully saturated rings. The summed E-state index contributed by atoms with van der Waals surface area (Å²) in [4.78, 5) is 0. The zero-order chi connectivity index (χ0) is 13.9. The van der Waals surface area contributed by atoms with Gasteiger partial charge in [-0.25, -0.2) is 0 Å². The molecule has 0 aliphatic rings. The van der Waals surface area contributed by atoms with Crippen molar-refractivity contribution in [2.45, 2.75) is 6.55 Å². The summed E-state index contributed by atoms with van der Waals surface area (Å²) >= 11 is 0. The number of hydrogen-bond acceptors (Lipinski definition) is 1. The molecule has 0 radical (unpaired) electrons. The molecule has 3 aromatic carbocycles. The zero-order valence-electron chi connectivity index (χ0n) is 11.8. The second kappa shape index (κ2) is 5.51. The van der Waals surface area contributed by atoms with Gasteiger partial charge in [-0.1, -0.05) is 60.7 Å². The molecule has 1 nitrogen and oxygen atoms in total. The van der Waals surface area contributed by atoms with E-state index in [4.69, 9.17) is 4.74 Å². The van der Waals surface area contributed by atoms with Crippen LogP contribution in [-0.2, 0) is 0 Å².